The van der Waals surface area contributed by atoms with Crippen LogP contribution >= 0.6 is 0 Å². The zero-order chi connectivity index (χ0) is 16.7. The average Bonchev–Trinajstić information content (AvgIpc) is 2.95. The van der Waals surface area contributed by atoms with E-state index in [-0.39, 0.29) is 24.8 Å². The quantitative estimate of drug-likeness (QED) is 0.731. The van der Waals surface area contributed by atoms with E-state index in [1.807, 2.05) is 0 Å². The number of halogens is 1. The second kappa shape index (κ2) is 7.92. The van der Waals surface area contributed by atoms with Crippen molar-refractivity contribution in [1.29, 1.82) is 0 Å². The number of hydrogen-bond donors (Lipinski definition) is 3. The van der Waals surface area contributed by atoms with E-state index in [1.54, 1.807) is 36.1 Å². The summed E-state index contributed by atoms with van der Waals surface area (Å²) in [6, 6.07) is 7.13. The number of nitrogens with zero attached hydrogens (tertiary/aromatic N) is 2. The van der Waals surface area contributed by atoms with Crippen LogP contribution in [0.15, 0.2) is 36.5 Å². The number of carbonyl (C=O) groups excluding carboxylic acids is 2. The van der Waals surface area contributed by atoms with E-state index in [4.69, 9.17) is 0 Å². The summed E-state index contributed by atoms with van der Waals surface area (Å²) in [6.07, 6.45) is 1.64. The molecule has 2 aromatic rings. The van der Waals surface area contributed by atoms with Gasteiger partial charge in [0.15, 0.2) is 0 Å². The van der Waals surface area contributed by atoms with Crippen molar-refractivity contribution in [2.24, 2.45) is 7.05 Å². The zero-order valence-electron chi connectivity index (χ0n) is 12.7. The van der Waals surface area contributed by atoms with Crippen molar-refractivity contribution in [1.82, 2.24) is 25.7 Å². The topological polar surface area (TPSA) is 88.1 Å². The van der Waals surface area contributed by atoms with Crippen molar-refractivity contribution in [2.75, 3.05) is 6.54 Å². The molecule has 0 fully saturated rings. The number of benzene rings is 1. The maximum Gasteiger partial charge on any atom is 0.315 e. The van der Waals surface area contributed by atoms with E-state index >= 15 is 0 Å². The van der Waals surface area contributed by atoms with Gasteiger partial charge in [-0.25, -0.2) is 9.18 Å². The molecule has 1 aromatic heterocycles. The first-order chi connectivity index (χ1) is 11.0. The Morgan fingerprint density at radius 2 is 1.83 bits per heavy atom. The molecule has 8 heteroatoms. The van der Waals surface area contributed by atoms with Crippen molar-refractivity contribution in [3.8, 4) is 0 Å². The van der Waals surface area contributed by atoms with Gasteiger partial charge in [0.05, 0.1) is 18.8 Å². The zero-order valence-corrected chi connectivity index (χ0v) is 12.7. The summed E-state index contributed by atoms with van der Waals surface area (Å²) < 4.78 is 14.4. The summed E-state index contributed by atoms with van der Waals surface area (Å²) in [5.41, 5.74) is 1.63. The summed E-state index contributed by atoms with van der Waals surface area (Å²) in [6.45, 7) is 0.462. The second-order valence-electron chi connectivity index (χ2n) is 4.89. The molecule has 0 saturated heterocycles. The van der Waals surface area contributed by atoms with Crippen LogP contribution in [0.2, 0.25) is 0 Å². The predicted octanol–water partition coefficient (Wildman–Crippen LogP) is 0.675. The lowest BCUT2D eigenvalue weighted by molar-refractivity contribution is -0.120. The van der Waals surface area contributed by atoms with Crippen LogP contribution in [0.3, 0.4) is 0 Å². The molecule has 0 unspecified atom stereocenters. The molecular formula is C15H18FN5O2. The summed E-state index contributed by atoms with van der Waals surface area (Å²) in [4.78, 5) is 23.2. The Bertz CT molecular complexity index is 669. The van der Waals surface area contributed by atoms with Crippen LogP contribution in [-0.2, 0) is 24.9 Å². The Hall–Kier alpha value is -2.90. The van der Waals surface area contributed by atoms with Crippen LogP contribution in [0.1, 0.15) is 11.3 Å². The molecule has 122 valence electrons. The van der Waals surface area contributed by atoms with Gasteiger partial charge in [0.2, 0.25) is 5.91 Å². The highest BCUT2D eigenvalue weighted by Crippen LogP contribution is 2.01. The molecule has 0 saturated carbocycles. The Morgan fingerprint density at radius 3 is 2.48 bits per heavy atom. The lowest BCUT2D eigenvalue weighted by atomic mass is 10.2. The van der Waals surface area contributed by atoms with E-state index in [2.05, 4.69) is 21.0 Å². The summed E-state index contributed by atoms with van der Waals surface area (Å²) in [5.74, 6) is -0.633. The van der Waals surface area contributed by atoms with E-state index in [0.29, 0.717) is 6.54 Å². The molecule has 0 radical (unpaired) electrons. The lowest BCUT2D eigenvalue weighted by Gasteiger charge is -2.08. The van der Waals surface area contributed by atoms with Gasteiger partial charge in [-0.1, -0.05) is 12.1 Å². The fourth-order valence-corrected chi connectivity index (χ4v) is 1.83. The van der Waals surface area contributed by atoms with Gasteiger partial charge in [-0.15, -0.1) is 0 Å². The number of aryl methyl sites for hydroxylation is 1. The monoisotopic (exact) mass is 319 g/mol. The number of hydrogen-bond acceptors (Lipinski definition) is 3. The maximum atomic E-state index is 12.7. The highest BCUT2D eigenvalue weighted by Gasteiger charge is 2.06. The molecule has 0 spiro atoms. The molecule has 3 N–H and O–H groups in total. The highest BCUT2D eigenvalue weighted by atomic mass is 19.1. The van der Waals surface area contributed by atoms with Crippen LogP contribution in [0, 0.1) is 5.82 Å². The molecule has 1 heterocycles. The predicted molar refractivity (Wildman–Crippen MR) is 81.7 cm³/mol. The van der Waals surface area contributed by atoms with Gasteiger partial charge in [0.25, 0.3) is 0 Å². The molecule has 3 amide bonds. The van der Waals surface area contributed by atoms with Crippen LogP contribution in [0.4, 0.5) is 9.18 Å². The van der Waals surface area contributed by atoms with Gasteiger partial charge in [-0.05, 0) is 23.8 Å². The Labute approximate surface area is 132 Å². The number of amides is 3. The highest BCUT2D eigenvalue weighted by molar-refractivity contribution is 5.83. The van der Waals surface area contributed by atoms with Crippen LogP contribution in [-0.4, -0.2) is 28.3 Å². The normalized spacial score (nSPS) is 10.2. The largest absolute Gasteiger partial charge is 0.349 e. The van der Waals surface area contributed by atoms with Crippen molar-refractivity contribution < 1.29 is 14.0 Å². The van der Waals surface area contributed by atoms with E-state index in [0.717, 1.165) is 11.3 Å². The molecule has 0 bridgehead atoms. The van der Waals surface area contributed by atoms with Crippen molar-refractivity contribution in [2.45, 2.75) is 13.1 Å². The SMILES string of the molecule is Cn1nccc1CNC(=O)CNC(=O)NCc1ccc(F)cc1. The molecule has 0 aliphatic carbocycles. The van der Waals surface area contributed by atoms with Crippen LogP contribution < -0.4 is 16.0 Å². The third-order valence-electron chi connectivity index (χ3n) is 3.16. The third kappa shape index (κ3) is 5.42. The molecule has 0 aliphatic rings. The van der Waals surface area contributed by atoms with Crippen molar-refractivity contribution in [3.63, 3.8) is 0 Å². The van der Waals surface area contributed by atoms with E-state index in [1.165, 1.54) is 12.1 Å². The van der Waals surface area contributed by atoms with E-state index < -0.39 is 6.03 Å². The standard InChI is InChI=1S/C15H18FN5O2/c1-21-13(6-7-20-21)9-17-14(22)10-19-15(23)18-8-11-2-4-12(16)5-3-11/h2-7H,8-10H2,1H3,(H,17,22)(H2,18,19,23). The van der Waals surface area contributed by atoms with Gasteiger partial charge < -0.3 is 16.0 Å². The molecule has 0 atom stereocenters. The minimum atomic E-state index is -0.468. The lowest BCUT2D eigenvalue weighted by Crippen LogP contribution is -2.41. The van der Waals surface area contributed by atoms with Gasteiger partial charge in [-0.3, -0.25) is 9.48 Å². The summed E-state index contributed by atoms with van der Waals surface area (Å²) in [7, 11) is 1.78. The Kier molecular flexibility index (Phi) is 5.67. The number of urea groups is 1. The molecular weight excluding hydrogens is 301 g/mol. The van der Waals surface area contributed by atoms with Gasteiger partial charge in [-0.2, -0.15) is 5.10 Å². The minimum Gasteiger partial charge on any atom is -0.349 e. The Balaban J connectivity index is 1.64. The van der Waals surface area contributed by atoms with Crippen LogP contribution in [0.25, 0.3) is 0 Å². The third-order valence-corrected chi connectivity index (χ3v) is 3.16. The van der Waals surface area contributed by atoms with Gasteiger partial charge >= 0.3 is 6.03 Å². The molecule has 23 heavy (non-hydrogen) atoms. The van der Waals surface area contributed by atoms with Crippen molar-refractivity contribution >= 4 is 11.9 Å². The first-order valence-electron chi connectivity index (χ1n) is 7.04. The fraction of sp³-hybridized carbons (Fsp3) is 0.267. The second-order valence-corrected chi connectivity index (χ2v) is 4.89. The van der Waals surface area contributed by atoms with E-state index in [9.17, 15) is 14.0 Å². The molecule has 2 rings (SSSR count). The fourth-order valence-electron chi connectivity index (χ4n) is 1.83. The first-order valence-corrected chi connectivity index (χ1v) is 7.04. The van der Waals surface area contributed by atoms with Crippen molar-refractivity contribution in [3.05, 3.63) is 53.6 Å². The summed E-state index contributed by atoms with van der Waals surface area (Å²) >= 11 is 0. The van der Waals surface area contributed by atoms with Gasteiger partial charge in [0.1, 0.15) is 5.82 Å². The number of aromatic nitrogens is 2. The summed E-state index contributed by atoms with van der Waals surface area (Å²) in [5, 5.41) is 11.7. The maximum absolute atomic E-state index is 12.7. The first kappa shape index (κ1) is 16.5. The van der Waals surface area contributed by atoms with Crippen LogP contribution in [0.5, 0.6) is 0 Å². The number of carbonyl (C=O) groups is 2. The Morgan fingerprint density at radius 1 is 1.09 bits per heavy atom. The van der Waals surface area contributed by atoms with Gasteiger partial charge in [0, 0.05) is 19.8 Å². The smallest absolute Gasteiger partial charge is 0.315 e. The minimum absolute atomic E-state index is 0.132. The average molecular weight is 319 g/mol. The number of rotatable bonds is 6. The molecule has 7 nitrogen and oxygen atoms in total. The molecule has 1 aromatic carbocycles. The number of nitrogens with one attached hydrogen (secondary N) is 3. The molecule has 0 aliphatic heterocycles.